The van der Waals surface area contributed by atoms with Crippen LogP contribution in [-0.2, 0) is 11.3 Å². The highest BCUT2D eigenvalue weighted by Gasteiger charge is 2.21. The Hall–Kier alpha value is -1.96. The fourth-order valence-corrected chi connectivity index (χ4v) is 1.83. The van der Waals surface area contributed by atoms with E-state index in [9.17, 15) is 9.59 Å². The van der Waals surface area contributed by atoms with Gasteiger partial charge in [0.15, 0.2) is 5.69 Å². The predicted octanol–water partition coefficient (Wildman–Crippen LogP) is -1.16. The van der Waals surface area contributed by atoms with Crippen LogP contribution in [0.5, 0.6) is 0 Å². The SMILES string of the molecule is O=C(O)c1cn(CCNC(=O)C2CCCN2)nn1. The molecule has 2 rings (SSSR count). The van der Waals surface area contributed by atoms with E-state index in [2.05, 4.69) is 20.9 Å². The second kappa shape index (κ2) is 5.58. The molecule has 98 valence electrons. The lowest BCUT2D eigenvalue weighted by atomic mass is 10.2. The van der Waals surface area contributed by atoms with E-state index in [1.165, 1.54) is 10.9 Å². The van der Waals surface area contributed by atoms with E-state index in [0.717, 1.165) is 19.4 Å². The number of aromatic carboxylic acids is 1. The first-order valence-corrected chi connectivity index (χ1v) is 5.81. The summed E-state index contributed by atoms with van der Waals surface area (Å²) in [4.78, 5) is 22.2. The van der Waals surface area contributed by atoms with Gasteiger partial charge in [-0.25, -0.2) is 9.48 Å². The van der Waals surface area contributed by atoms with E-state index in [4.69, 9.17) is 5.11 Å². The maximum Gasteiger partial charge on any atom is 0.358 e. The summed E-state index contributed by atoms with van der Waals surface area (Å²) < 4.78 is 1.39. The summed E-state index contributed by atoms with van der Waals surface area (Å²) in [7, 11) is 0. The molecule has 2 heterocycles. The fraction of sp³-hybridized carbons (Fsp3) is 0.600. The van der Waals surface area contributed by atoms with Crippen molar-refractivity contribution in [1.82, 2.24) is 25.6 Å². The second-order valence-electron chi connectivity index (χ2n) is 4.11. The molecule has 0 radical (unpaired) electrons. The Morgan fingerprint density at radius 1 is 1.61 bits per heavy atom. The maximum absolute atomic E-state index is 11.6. The predicted molar refractivity (Wildman–Crippen MR) is 61.0 cm³/mol. The quantitative estimate of drug-likeness (QED) is 0.611. The van der Waals surface area contributed by atoms with E-state index in [1.807, 2.05) is 0 Å². The average Bonchev–Trinajstić information content (AvgIpc) is 3.00. The summed E-state index contributed by atoms with van der Waals surface area (Å²) in [6, 6.07) is -0.102. The number of carbonyl (C=O) groups excluding carboxylic acids is 1. The molecule has 1 unspecified atom stereocenters. The molecule has 0 saturated carbocycles. The molecule has 8 nitrogen and oxygen atoms in total. The van der Waals surface area contributed by atoms with Gasteiger partial charge in [0.1, 0.15) is 0 Å². The summed E-state index contributed by atoms with van der Waals surface area (Å²) in [5, 5.41) is 21.7. The van der Waals surface area contributed by atoms with Crippen molar-refractivity contribution in [3.05, 3.63) is 11.9 Å². The van der Waals surface area contributed by atoms with Gasteiger partial charge in [-0.05, 0) is 19.4 Å². The summed E-state index contributed by atoms with van der Waals surface area (Å²) >= 11 is 0. The molecular weight excluding hydrogens is 238 g/mol. The highest BCUT2D eigenvalue weighted by molar-refractivity contribution is 5.84. The molecule has 1 fully saturated rings. The molecule has 1 amide bonds. The van der Waals surface area contributed by atoms with Crippen LogP contribution in [0.3, 0.4) is 0 Å². The lowest BCUT2D eigenvalue weighted by molar-refractivity contribution is -0.122. The molecule has 18 heavy (non-hydrogen) atoms. The third-order valence-electron chi connectivity index (χ3n) is 2.77. The van der Waals surface area contributed by atoms with Crippen molar-refractivity contribution in [2.24, 2.45) is 0 Å². The highest BCUT2D eigenvalue weighted by atomic mass is 16.4. The molecule has 0 aliphatic carbocycles. The maximum atomic E-state index is 11.6. The molecule has 8 heteroatoms. The van der Waals surface area contributed by atoms with Gasteiger partial charge >= 0.3 is 5.97 Å². The van der Waals surface area contributed by atoms with Crippen LogP contribution in [0.2, 0.25) is 0 Å². The van der Waals surface area contributed by atoms with Crippen LogP contribution in [0.1, 0.15) is 23.3 Å². The van der Waals surface area contributed by atoms with Gasteiger partial charge in [-0.2, -0.15) is 0 Å². The van der Waals surface area contributed by atoms with Crippen LogP contribution in [0.25, 0.3) is 0 Å². The number of nitrogens with zero attached hydrogens (tertiary/aromatic N) is 3. The Kier molecular flexibility index (Phi) is 3.88. The third kappa shape index (κ3) is 3.04. The van der Waals surface area contributed by atoms with E-state index in [1.54, 1.807) is 0 Å². The van der Waals surface area contributed by atoms with Crippen molar-refractivity contribution in [3.8, 4) is 0 Å². The smallest absolute Gasteiger partial charge is 0.358 e. The summed E-state index contributed by atoms with van der Waals surface area (Å²) in [5.74, 6) is -1.13. The molecule has 1 aromatic heterocycles. The highest BCUT2D eigenvalue weighted by Crippen LogP contribution is 2.04. The first-order valence-electron chi connectivity index (χ1n) is 5.81. The molecule has 3 N–H and O–H groups in total. The van der Waals surface area contributed by atoms with Crippen LogP contribution < -0.4 is 10.6 Å². The van der Waals surface area contributed by atoms with Gasteiger partial charge < -0.3 is 15.7 Å². The first kappa shape index (κ1) is 12.5. The summed E-state index contributed by atoms with van der Waals surface area (Å²) in [6.07, 6.45) is 3.21. The van der Waals surface area contributed by atoms with Gasteiger partial charge in [0.2, 0.25) is 5.91 Å². The Morgan fingerprint density at radius 3 is 3.06 bits per heavy atom. The van der Waals surface area contributed by atoms with Gasteiger partial charge in [-0.1, -0.05) is 5.21 Å². The zero-order valence-electron chi connectivity index (χ0n) is 9.80. The largest absolute Gasteiger partial charge is 0.476 e. The first-order chi connectivity index (χ1) is 8.66. The molecule has 0 aromatic carbocycles. The number of amides is 1. The summed E-state index contributed by atoms with van der Waals surface area (Å²) in [6.45, 7) is 1.68. The number of aromatic nitrogens is 3. The molecule has 1 aromatic rings. The number of hydrogen-bond acceptors (Lipinski definition) is 5. The van der Waals surface area contributed by atoms with E-state index in [-0.39, 0.29) is 17.6 Å². The molecule has 1 aliphatic rings. The van der Waals surface area contributed by atoms with Crippen molar-refractivity contribution in [3.63, 3.8) is 0 Å². The molecule has 1 aliphatic heterocycles. The topological polar surface area (TPSA) is 109 Å². The molecule has 0 spiro atoms. The van der Waals surface area contributed by atoms with Crippen LogP contribution in [0.15, 0.2) is 6.20 Å². The average molecular weight is 253 g/mol. The van der Waals surface area contributed by atoms with Crippen molar-refractivity contribution in [1.29, 1.82) is 0 Å². The monoisotopic (exact) mass is 253 g/mol. The number of rotatable bonds is 5. The van der Waals surface area contributed by atoms with Gasteiger partial charge in [0.25, 0.3) is 0 Å². The van der Waals surface area contributed by atoms with Gasteiger partial charge in [0, 0.05) is 6.54 Å². The van der Waals surface area contributed by atoms with E-state index < -0.39 is 5.97 Å². The number of carboxylic acids is 1. The fourth-order valence-electron chi connectivity index (χ4n) is 1.83. The van der Waals surface area contributed by atoms with Crippen LogP contribution in [0, 0.1) is 0 Å². The Bertz CT molecular complexity index is 438. The van der Waals surface area contributed by atoms with E-state index in [0.29, 0.717) is 13.1 Å². The lowest BCUT2D eigenvalue weighted by Crippen LogP contribution is -2.41. The van der Waals surface area contributed by atoms with Gasteiger partial charge in [-0.15, -0.1) is 5.10 Å². The van der Waals surface area contributed by atoms with Crippen molar-refractivity contribution in [2.75, 3.05) is 13.1 Å². The molecule has 1 atom stereocenters. The van der Waals surface area contributed by atoms with Gasteiger partial charge in [-0.3, -0.25) is 4.79 Å². The summed E-state index contributed by atoms with van der Waals surface area (Å²) in [5.41, 5.74) is -0.0983. The normalized spacial score (nSPS) is 18.8. The zero-order chi connectivity index (χ0) is 13.0. The minimum Gasteiger partial charge on any atom is -0.476 e. The van der Waals surface area contributed by atoms with E-state index >= 15 is 0 Å². The molecule has 0 bridgehead atoms. The van der Waals surface area contributed by atoms with Crippen molar-refractivity contribution < 1.29 is 14.7 Å². The van der Waals surface area contributed by atoms with Crippen LogP contribution in [0.4, 0.5) is 0 Å². The van der Waals surface area contributed by atoms with Gasteiger partial charge in [0.05, 0.1) is 18.8 Å². The molecule has 1 saturated heterocycles. The van der Waals surface area contributed by atoms with Crippen LogP contribution >= 0.6 is 0 Å². The lowest BCUT2D eigenvalue weighted by Gasteiger charge is -2.10. The number of carboxylic acid groups (broad SMARTS) is 1. The third-order valence-corrected chi connectivity index (χ3v) is 2.77. The Labute approximate surface area is 103 Å². The standard InChI is InChI=1S/C10H15N5O3/c16-9(7-2-1-3-11-7)12-4-5-15-6-8(10(17)18)13-14-15/h6-7,11H,1-5H2,(H,12,16)(H,17,18). The van der Waals surface area contributed by atoms with Crippen molar-refractivity contribution in [2.45, 2.75) is 25.4 Å². The Morgan fingerprint density at radius 2 is 2.44 bits per heavy atom. The molecular formula is C10H15N5O3. The van der Waals surface area contributed by atoms with Crippen molar-refractivity contribution >= 4 is 11.9 Å². The number of carbonyl (C=O) groups is 2. The van der Waals surface area contributed by atoms with Crippen LogP contribution in [-0.4, -0.2) is 51.1 Å². The number of hydrogen-bond donors (Lipinski definition) is 3. The Balaban J connectivity index is 1.74. The zero-order valence-corrected chi connectivity index (χ0v) is 9.80. The second-order valence-corrected chi connectivity index (χ2v) is 4.11. The number of nitrogens with one attached hydrogen (secondary N) is 2. The minimum atomic E-state index is -1.11. The minimum absolute atomic E-state index is 0.0222.